The van der Waals surface area contributed by atoms with Crippen molar-refractivity contribution in [1.29, 1.82) is 0 Å². The molecule has 2 N–H and O–H groups in total. The molecular formula is C13H20FNO. The number of halogens is 1. The van der Waals surface area contributed by atoms with E-state index in [1.165, 1.54) is 7.11 Å². The fraction of sp³-hybridized carbons (Fsp3) is 0.538. The molecule has 0 amide bonds. The molecule has 0 radical (unpaired) electrons. The van der Waals surface area contributed by atoms with Crippen LogP contribution in [0, 0.1) is 17.7 Å². The van der Waals surface area contributed by atoms with Gasteiger partial charge in [-0.15, -0.1) is 0 Å². The van der Waals surface area contributed by atoms with Gasteiger partial charge in [0.2, 0.25) is 0 Å². The summed E-state index contributed by atoms with van der Waals surface area (Å²) >= 11 is 0. The zero-order valence-electron chi connectivity index (χ0n) is 10.2. The van der Waals surface area contributed by atoms with Crippen LogP contribution in [0.1, 0.15) is 19.4 Å². The topological polar surface area (TPSA) is 35.2 Å². The lowest BCUT2D eigenvalue weighted by Gasteiger charge is -2.19. The van der Waals surface area contributed by atoms with Crippen molar-refractivity contribution in [3.05, 3.63) is 29.6 Å². The first-order valence-corrected chi connectivity index (χ1v) is 5.61. The minimum Gasteiger partial charge on any atom is -0.494 e. The van der Waals surface area contributed by atoms with Gasteiger partial charge in [-0.2, -0.15) is 0 Å². The third-order valence-corrected chi connectivity index (χ3v) is 2.99. The van der Waals surface area contributed by atoms with Crippen LogP contribution in [0.15, 0.2) is 18.2 Å². The van der Waals surface area contributed by atoms with E-state index in [1.807, 2.05) is 6.07 Å². The Labute approximate surface area is 96.6 Å². The predicted molar refractivity (Wildman–Crippen MR) is 64.0 cm³/mol. The average Bonchev–Trinajstić information content (AvgIpc) is 2.27. The van der Waals surface area contributed by atoms with Crippen molar-refractivity contribution in [1.82, 2.24) is 0 Å². The van der Waals surface area contributed by atoms with Crippen molar-refractivity contribution in [2.24, 2.45) is 17.6 Å². The van der Waals surface area contributed by atoms with Gasteiger partial charge >= 0.3 is 0 Å². The monoisotopic (exact) mass is 225 g/mol. The molecule has 0 saturated carbocycles. The van der Waals surface area contributed by atoms with E-state index in [2.05, 4.69) is 13.8 Å². The molecule has 2 nitrogen and oxygen atoms in total. The minimum atomic E-state index is -0.260. The Bertz CT molecular complexity index is 339. The minimum absolute atomic E-state index is 0.260. The molecule has 3 heteroatoms. The van der Waals surface area contributed by atoms with Crippen LogP contribution in [-0.2, 0) is 6.42 Å². The van der Waals surface area contributed by atoms with Crippen LogP contribution in [0.5, 0.6) is 5.75 Å². The number of benzene rings is 1. The maximum atomic E-state index is 13.9. The zero-order chi connectivity index (χ0) is 12.1. The van der Waals surface area contributed by atoms with Gasteiger partial charge in [-0.05, 0) is 36.4 Å². The van der Waals surface area contributed by atoms with Crippen LogP contribution in [0.4, 0.5) is 4.39 Å². The Hall–Kier alpha value is -1.09. The highest BCUT2D eigenvalue weighted by molar-refractivity contribution is 5.31. The summed E-state index contributed by atoms with van der Waals surface area (Å²) in [6.45, 7) is 4.79. The molecule has 0 bridgehead atoms. The highest BCUT2D eigenvalue weighted by atomic mass is 19.1. The van der Waals surface area contributed by atoms with E-state index in [9.17, 15) is 4.39 Å². The van der Waals surface area contributed by atoms with Crippen LogP contribution in [0.2, 0.25) is 0 Å². The van der Waals surface area contributed by atoms with E-state index >= 15 is 0 Å². The average molecular weight is 225 g/mol. The van der Waals surface area contributed by atoms with Gasteiger partial charge in [0.1, 0.15) is 0 Å². The zero-order valence-corrected chi connectivity index (χ0v) is 10.2. The summed E-state index contributed by atoms with van der Waals surface area (Å²) in [7, 11) is 1.48. The third kappa shape index (κ3) is 2.95. The number of rotatable bonds is 5. The second-order valence-electron chi connectivity index (χ2n) is 4.38. The summed E-state index contributed by atoms with van der Waals surface area (Å²) in [6, 6.07) is 5.24. The largest absolute Gasteiger partial charge is 0.494 e. The first kappa shape index (κ1) is 13.0. The summed E-state index contributed by atoms with van der Waals surface area (Å²) in [6.07, 6.45) is 0.664. The summed E-state index contributed by atoms with van der Waals surface area (Å²) in [5.74, 6) is 0.804. The van der Waals surface area contributed by atoms with E-state index in [1.54, 1.807) is 12.1 Å². The molecule has 90 valence electrons. The van der Waals surface area contributed by atoms with Gasteiger partial charge in [-0.1, -0.05) is 26.0 Å². The molecule has 0 heterocycles. The van der Waals surface area contributed by atoms with Crippen LogP contribution in [0.3, 0.4) is 0 Å². The number of ether oxygens (including phenoxy) is 1. The van der Waals surface area contributed by atoms with Crippen molar-refractivity contribution < 1.29 is 9.13 Å². The Morgan fingerprint density at radius 2 is 2.06 bits per heavy atom. The number of methoxy groups -OCH3 is 1. The molecule has 1 unspecified atom stereocenters. The number of hydrogen-bond acceptors (Lipinski definition) is 2. The van der Waals surface area contributed by atoms with Gasteiger partial charge in [0.25, 0.3) is 0 Å². The molecule has 1 aromatic carbocycles. The van der Waals surface area contributed by atoms with E-state index < -0.39 is 0 Å². The Morgan fingerprint density at radius 3 is 2.56 bits per heavy atom. The van der Waals surface area contributed by atoms with Gasteiger partial charge in [0.05, 0.1) is 7.11 Å². The lowest BCUT2D eigenvalue weighted by Crippen LogP contribution is -2.22. The molecule has 0 aromatic heterocycles. The van der Waals surface area contributed by atoms with E-state index in [0.29, 0.717) is 36.1 Å². The SMILES string of the molecule is COc1cccc(CC(CN)C(C)C)c1F. The maximum Gasteiger partial charge on any atom is 0.168 e. The van der Waals surface area contributed by atoms with Gasteiger partial charge in [-0.3, -0.25) is 0 Å². The van der Waals surface area contributed by atoms with Crippen molar-refractivity contribution in [2.45, 2.75) is 20.3 Å². The molecule has 0 aliphatic rings. The summed E-state index contributed by atoms with van der Waals surface area (Å²) in [5, 5.41) is 0. The Balaban J connectivity index is 2.88. The molecule has 1 aromatic rings. The molecular weight excluding hydrogens is 205 g/mol. The third-order valence-electron chi connectivity index (χ3n) is 2.99. The lowest BCUT2D eigenvalue weighted by molar-refractivity contribution is 0.367. The summed E-state index contributed by atoms with van der Waals surface area (Å²) < 4.78 is 18.8. The molecule has 0 saturated heterocycles. The first-order valence-electron chi connectivity index (χ1n) is 5.61. The second kappa shape index (κ2) is 5.85. The van der Waals surface area contributed by atoms with Crippen molar-refractivity contribution in [2.75, 3.05) is 13.7 Å². The van der Waals surface area contributed by atoms with Crippen molar-refractivity contribution >= 4 is 0 Å². The normalized spacial score (nSPS) is 12.9. The quantitative estimate of drug-likeness (QED) is 0.836. The molecule has 1 rings (SSSR count). The van der Waals surface area contributed by atoms with Gasteiger partial charge in [0, 0.05) is 0 Å². The van der Waals surface area contributed by atoms with E-state index in [-0.39, 0.29) is 5.82 Å². The van der Waals surface area contributed by atoms with Crippen LogP contribution in [0.25, 0.3) is 0 Å². The number of hydrogen-bond donors (Lipinski definition) is 1. The maximum absolute atomic E-state index is 13.9. The molecule has 0 fully saturated rings. The molecule has 1 atom stereocenters. The fourth-order valence-corrected chi connectivity index (χ4v) is 1.75. The van der Waals surface area contributed by atoms with Crippen LogP contribution in [-0.4, -0.2) is 13.7 Å². The van der Waals surface area contributed by atoms with Gasteiger partial charge in [-0.25, -0.2) is 4.39 Å². The van der Waals surface area contributed by atoms with Crippen LogP contribution >= 0.6 is 0 Å². The first-order chi connectivity index (χ1) is 7.60. The van der Waals surface area contributed by atoms with E-state index in [4.69, 9.17) is 10.5 Å². The fourth-order valence-electron chi connectivity index (χ4n) is 1.75. The van der Waals surface area contributed by atoms with Crippen molar-refractivity contribution in [3.63, 3.8) is 0 Å². The molecule has 0 spiro atoms. The Kier molecular flexibility index (Phi) is 4.74. The standard InChI is InChI=1S/C13H20FNO/c1-9(2)11(8-15)7-10-5-4-6-12(16-3)13(10)14/h4-6,9,11H,7-8,15H2,1-3H3. The van der Waals surface area contributed by atoms with Crippen LogP contribution < -0.4 is 10.5 Å². The molecule has 0 aliphatic carbocycles. The van der Waals surface area contributed by atoms with Crippen molar-refractivity contribution in [3.8, 4) is 5.75 Å². The van der Waals surface area contributed by atoms with E-state index in [0.717, 1.165) is 0 Å². The molecule has 0 aliphatic heterocycles. The van der Waals surface area contributed by atoms with Gasteiger partial charge in [0.15, 0.2) is 11.6 Å². The summed E-state index contributed by atoms with van der Waals surface area (Å²) in [5.41, 5.74) is 6.37. The second-order valence-corrected chi connectivity index (χ2v) is 4.38. The Morgan fingerprint density at radius 1 is 1.38 bits per heavy atom. The lowest BCUT2D eigenvalue weighted by atomic mass is 9.89. The highest BCUT2D eigenvalue weighted by Crippen LogP contribution is 2.24. The number of nitrogens with two attached hydrogens (primary N) is 1. The van der Waals surface area contributed by atoms with Gasteiger partial charge < -0.3 is 10.5 Å². The smallest absolute Gasteiger partial charge is 0.168 e. The molecule has 16 heavy (non-hydrogen) atoms. The highest BCUT2D eigenvalue weighted by Gasteiger charge is 2.16. The summed E-state index contributed by atoms with van der Waals surface area (Å²) in [4.78, 5) is 0. The predicted octanol–water partition coefficient (Wildman–Crippen LogP) is 2.61.